The molecule has 8 N–H and O–H groups in total. The van der Waals surface area contributed by atoms with E-state index < -0.39 is 47.2 Å². The SMILES string of the molecule is CC(C)[C@H]1CCN(C(=O)[C@@H](NC(=O)N[C@H](C[NH2+]Cc2ccccc2[SH+]O)C(C)(C)C)C(C)(C)C)[C@@H]1C(=O)NC(CC1CCC1)C(=O)C(N)=O. The fraction of sp³-hybridized carbons (Fsp3) is 0.694. The highest BCUT2D eigenvalue weighted by atomic mass is 32.2. The van der Waals surface area contributed by atoms with Crippen LogP contribution in [0, 0.1) is 28.6 Å². The van der Waals surface area contributed by atoms with Crippen LogP contribution in [0.1, 0.15) is 93.1 Å². The number of carbonyl (C=O) groups excluding carboxylic acids is 5. The molecule has 1 aliphatic heterocycles. The van der Waals surface area contributed by atoms with Crippen molar-refractivity contribution in [3.8, 4) is 0 Å². The lowest BCUT2D eigenvalue weighted by molar-refractivity contribution is -0.674. The standard InChI is InChI=1S/C36H58N6O6S/c1-21(2)24-16-17-42(28(24)32(45)39-25(29(43)31(37)44)18-22-12-11-13-22)33(46)30(36(6,7)8)41-34(47)40-27(35(3,4)5)20-38-19-23-14-9-10-15-26(23)49-48/h9-10,14-15,21-22,24-25,27-28,30,38,48H,11-13,16-20H2,1-8H3,(H2,37,44)(H,39,45)(H2,40,41,47)/p+2/t24-,25?,27-,28+,30-/m1/s1. The molecule has 0 radical (unpaired) electrons. The molecule has 1 aliphatic carbocycles. The summed E-state index contributed by atoms with van der Waals surface area (Å²) in [6, 6.07) is 4.07. The molecule has 12 nitrogen and oxygen atoms in total. The van der Waals surface area contributed by atoms with E-state index in [1.165, 1.54) is 4.90 Å². The third-order valence-corrected chi connectivity index (χ3v) is 10.8. The molecule has 1 heterocycles. The number of nitrogens with zero attached hydrogens (tertiary/aromatic N) is 1. The molecule has 5 atom stereocenters. The molecule has 2 fully saturated rings. The third-order valence-electron chi connectivity index (χ3n) is 10.1. The van der Waals surface area contributed by atoms with Gasteiger partial charge in [-0.25, -0.2) is 4.79 Å². The van der Waals surface area contributed by atoms with Gasteiger partial charge in [-0.05, 0) is 53.6 Å². The first kappa shape index (κ1) is 40.3. The molecular weight excluding hydrogens is 644 g/mol. The third kappa shape index (κ3) is 10.9. The lowest BCUT2D eigenvalue weighted by Gasteiger charge is -2.38. The van der Waals surface area contributed by atoms with Crippen molar-refractivity contribution >= 4 is 41.6 Å². The molecule has 1 unspecified atom stereocenters. The summed E-state index contributed by atoms with van der Waals surface area (Å²) in [5, 5.41) is 10.9. The average Bonchev–Trinajstić information content (AvgIpc) is 3.45. The summed E-state index contributed by atoms with van der Waals surface area (Å²) < 4.78 is 9.67. The number of thiol groups is 1. The predicted molar refractivity (Wildman–Crippen MR) is 191 cm³/mol. The fourth-order valence-corrected chi connectivity index (χ4v) is 7.23. The van der Waals surface area contributed by atoms with Crippen molar-refractivity contribution in [3.05, 3.63) is 29.8 Å². The molecule has 2 aliphatic rings. The van der Waals surface area contributed by atoms with Gasteiger partial charge in [-0.15, -0.1) is 0 Å². The van der Waals surface area contributed by atoms with Gasteiger partial charge in [0, 0.05) is 6.54 Å². The number of primary amides is 1. The van der Waals surface area contributed by atoms with Crippen LogP contribution >= 0.6 is 0 Å². The number of rotatable bonds is 15. The van der Waals surface area contributed by atoms with E-state index in [2.05, 4.69) is 21.3 Å². The highest BCUT2D eigenvalue weighted by molar-refractivity contribution is 7.72. The number of Topliss-reactive ketones (excluding diaryl/α,β-unsaturated/α-hetero) is 1. The fourth-order valence-electron chi connectivity index (χ4n) is 6.78. The van der Waals surface area contributed by atoms with Crippen LogP contribution in [0.4, 0.5) is 4.79 Å². The Labute approximate surface area is 296 Å². The van der Waals surface area contributed by atoms with Gasteiger partial charge < -0.3 is 31.9 Å². The molecule has 3 rings (SSSR count). The van der Waals surface area contributed by atoms with E-state index in [-0.39, 0.29) is 47.2 Å². The van der Waals surface area contributed by atoms with E-state index in [0.29, 0.717) is 32.5 Å². The van der Waals surface area contributed by atoms with Crippen molar-refractivity contribution in [3.63, 3.8) is 0 Å². The Morgan fingerprint density at radius 3 is 2.16 bits per heavy atom. The number of carbonyl (C=O) groups is 5. The maximum Gasteiger partial charge on any atom is 0.315 e. The normalized spacial score (nSPS) is 20.2. The predicted octanol–water partition coefficient (Wildman–Crippen LogP) is 2.13. The molecule has 49 heavy (non-hydrogen) atoms. The lowest BCUT2D eigenvalue weighted by Crippen LogP contribution is -2.87. The molecule has 1 saturated heterocycles. The van der Waals surface area contributed by atoms with Crippen LogP contribution in [0.3, 0.4) is 0 Å². The molecule has 1 aromatic rings. The van der Waals surface area contributed by atoms with Gasteiger partial charge in [0.2, 0.25) is 17.6 Å². The number of ketones is 1. The van der Waals surface area contributed by atoms with Crippen LogP contribution in [0.15, 0.2) is 29.2 Å². The number of benzene rings is 1. The van der Waals surface area contributed by atoms with Gasteiger partial charge >= 0.3 is 6.03 Å². The quantitative estimate of drug-likeness (QED) is 0.0922. The minimum atomic E-state index is -1.09. The first-order valence-electron chi connectivity index (χ1n) is 17.6. The van der Waals surface area contributed by atoms with Gasteiger partial charge in [0.25, 0.3) is 5.91 Å². The summed E-state index contributed by atoms with van der Waals surface area (Å²) in [4.78, 5) is 69.0. The number of nitrogens with two attached hydrogens (primary N) is 2. The van der Waals surface area contributed by atoms with Crippen molar-refractivity contribution in [2.24, 2.45) is 34.3 Å². The minimum Gasteiger partial charge on any atom is -0.363 e. The van der Waals surface area contributed by atoms with Crippen LogP contribution in [0.5, 0.6) is 0 Å². The lowest BCUT2D eigenvalue weighted by atomic mass is 9.80. The number of hydrogen-bond acceptors (Lipinski definition) is 6. The Balaban J connectivity index is 1.77. The second-order valence-corrected chi connectivity index (χ2v) is 17.0. The smallest absolute Gasteiger partial charge is 0.315 e. The van der Waals surface area contributed by atoms with Crippen LogP contribution < -0.4 is 27.0 Å². The van der Waals surface area contributed by atoms with Crippen molar-refractivity contribution < 1.29 is 33.8 Å². The van der Waals surface area contributed by atoms with Gasteiger partial charge in [0.1, 0.15) is 18.6 Å². The van der Waals surface area contributed by atoms with E-state index in [1.807, 2.05) is 79.7 Å². The Kier molecular flexibility index (Phi) is 14.1. The van der Waals surface area contributed by atoms with Crippen LogP contribution in [0.25, 0.3) is 0 Å². The van der Waals surface area contributed by atoms with Gasteiger partial charge in [-0.3, -0.25) is 19.2 Å². The van der Waals surface area contributed by atoms with Crippen LogP contribution in [-0.4, -0.2) is 76.2 Å². The molecule has 13 heteroatoms. The van der Waals surface area contributed by atoms with E-state index in [0.717, 1.165) is 29.7 Å². The second-order valence-electron chi connectivity index (χ2n) is 16.3. The summed E-state index contributed by atoms with van der Waals surface area (Å²) in [6.07, 6.45) is 3.81. The summed E-state index contributed by atoms with van der Waals surface area (Å²) in [5.41, 5.74) is 5.37. The average molecular weight is 705 g/mol. The molecule has 1 saturated carbocycles. The molecule has 0 bridgehead atoms. The molecule has 1 aromatic carbocycles. The van der Waals surface area contributed by atoms with E-state index in [9.17, 15) is 28.5 Å². The summed E-state index contributed by atoms with van der Waals surface area (Å²) in [5.74, 6) is -2.66. The first-order chi connectivity index (χ1) is 22.8. The number of urea groups is 1. The molecule has 0 aromatic heterocycles. The van der Waals surface area contributed by atoms with Crippen molar-refractivity contribution in [2.45, 2.75) is 123 Å². The summed E-state index contributed by atoms with van der Waals surface area (Å²) >= 11 is 0.209. The number of amides is 5. The van der Waals surface area contributed by atoms with Crippen LogP contribution in [0.2, 0.25) is 0 Å². The van der Waals surface area contributed by atoms with Gasteiger partial charge in [0.05, 0.1) is 24.2 Å². The Hall–Kier alpha value is -3.16. The molecular formula is C36H60N6O6S+2. The zero-order valence-corrected chi connectivity index (χ0v) is 31.4. The number of nitrogens with one attached hydrogen (secondary N) is 3. The van der Waals surface area contributed by atoms with Gasteiger partial charge in [-0.1, -0.05) is 86.8 Å². The highest BCUT2D eigenvalue weighted by Crippen LogP contribution is 2.34. The summed E-state index contributed by atoms with van der Waals surface area (Å²) in [7, 11) is 0. The van der Waals surface area contributed by atoms with Gasteiger partial charge in [-0.2, -0.15) is 4.55 Å². The molecule has 274 valence electrons. The van der Waals surface area contributed by atoms with Gasteiger partial charge in [0.15, 0.2) is 16.9 Å². The number of likely N-dealkylation sites (tertiary alicyclic amines) is 1. The largest absolute Gasteiger partial charge is 0.363 e. The van der Waals surface area contributed by atoms with E-state index in [1.54, 1.807) is 0 Å². The Bertz CT molecular complexity index is 1340. The van der Waals surface area contributed by atoms with E-state index >= 15 is 0 Å². The number of hydrogen-bond donors (Lipinski definition) is 6. The Morgan fingerprint density at radius 2 is 1.63 bits per heavy atom. The monoisotopic (exact) mass is 704 g/mol. The zero-order chi connectivity index (χ0) is 36.7. The van der Waals surface area contributed by atoms with Crippen molar-refractivity contribution in [1.82, 2.24) is 20.9 Å². The molecule has 0 spiro atoms. The Morgan fingerprint density at radius 1 is 0.980 bits per heavy atom. The second kappa shape index (κ2) is 17.2. The topological polar surface area (TPSA) is 188 Å². The highest BCUT2D eigenvalue weighted by Gasteiger charge is 2.48. The first-order valence-corrected chi connectivity index (χ1v) is 18.5. The number of quaternary nitrogens is 1. The van der Waals surface area contributed by atoms with Crippen molar-refractivity contribution in [2.75, 3.05) is 13.1 Å². The summed E-state index contributed by atoms with van der Waals surface area (Å²) in [6.45, 7) is 17.2. The molecule has 5 amide bonds. The van der Waals surface area contributed by atoms with Crippen molar-refractivity contribution in [1.29, 1.82) is 0 Å². The maximum absolute atomic E-state index is 14.4. The van der Waals surface area contributed by atoms with Crippen LogP contribution in [-0.2, 0) is 37.8 Å². The zero-order valence-electron chi connectivity index (χ0n) is 30.5. The van der Waals surface area contributed by atoms with E-state index in [4.69, 9.17) is 5.73 Å². The minimum absolute atomic E-state index is 0.0579. The maximum atomic E-state index is 14.4.